The van der Waals surface area contributed by atoms with E-state index < -0.39 is 10.0 Å². The first-order valence-corrected chi connectivity index (χ1v) is 10.7. The molecule has 7 nitrogen and oxygen atoms in total. The van der Waals surface area contributed by atoms with Crippen molar-refractivity contribution < 1.29 is 12.8 Å². The van der Waals surface area contributed by atoms with Crippen molar-refractivity contribution in [3.8, 4) is 0 Å². The Bertz CT molecular complexity index is 903. The first kappa shape index (κ1) is 18.4. The van der Waals surface area contributed by atoms with E-state index in [-0.39, 0.29) is 5.82 Å². The Morgan fingerprint density at radius 2 is 1.96 bits per heavy atom. The number of piperazine rings is 1. The van der Waals surface area contributed by atoms with Gasteiger partial charge in [0.25, 0.3) is 0 Å². The molecule has 2 aromatic rings. The number of sulfonamides is 1. The van der Waals surface area contributed by atoms with Gasteiger partial charge in [0.05, 0.1) is 18.6 Å². The van der Waals surface area contributed by atoms with Gasteiger partial charge in [-0.2, -0.15) is 4.31 Å². The lowest BCUT2D eigenvalue weighted by Gasteiger charge is -2.32. The van der Waals surface area contributed by atoms with Gasteiger partial charge in [0.2, 0.25) is 15.2 Å². The van der Waals surface area contributed by atoms with Gasteiger partial charge < -0.3 is 5.32 Å². The minimum absolute atomic E-state index is 0.347. The van der Waals surface area contributed by atoms with Crippen LogP contribution in [0.15, 0.2) is 24.3 Å². The molecule has 0 unspecified atom stereocenters. The molecule has 0 atom stereocenters. The molecular weight excluding hydrogens is 385 g/mol. The Morgan fingerprint density at radius 3 is 2.60 bits per heavy atom. The molecule has 1 aliphatic heterocycles. The van der Waals surface area contributed by atoms with Crippen LogP contribution in [0.2, 0.25) is 0 Å². The molecule has 25 heavy (non-hydrogen) atoms. The van der Waals surface area contributed by atoms with Crippen LogP contribution in [-0.2, 0) is 16.7 Å². The smallest absolute Gasteiger partial charge is 0.211 e. The van der Waals surface area contributed by atoms with Crippen LogP contribution in [0.25, 0.3) is 0 Å². The van der Waals surface area contributed by atoms with Crippen LogP contribution in [0.3, 0.4) is 0 Å². The number of halogens is 1. The highest BCUT2D eigenvalue weighted by atomic mass is 32.2. The largest absolute Gasteiger partial charge is 0.328 e. The molecule has 11 heteroatoms. The maximum absolute atomic E-state index is 13.7. The number of rotatable bonds is 5. The van der Waals surface area contributed by atoms with E-state index in [1.165, 1.54) is 28.0 Å². The Labute approximate surface area is 154 Å². The summed E-state index contributed by atoms with van der Waals surface area (Å²) in [5.74, 6) is -0.355. The number of hydrogen-bond acceptors (Lipinski definition) is 7. The molecule has 0 spiro atoms. The van der Waals surface area contributed by atoms with E-state index >= 15 is 0 Å². The summed E-state index contributed by atoms with van der Waals surface area (Å²) in [5.41, 5.74) is 0.347. The van der Waals surface area contributed by atoms with Gasteiger partial charge >= 0.3 is 0 Å². The summed E-state index contributed by atoms with van der Waals surface area (Å²) in [6.07, 6.45) is 1.22. The van der Waals surface area contributed by atoms with E-state index in [1.54, 1.807) is 22.9 Å². The number of nitrogens with zero attached hydrogens (tertiary/aromatic N) is 4. The van der Waals surface area contributed by atoms with Crippen molar-refractivity contribution in [2.24, 2.45) is 0 Å². The first-order chi connectivity index (χ1) is 11.8. The Kier molecular flexibility index (Phi) is 5.49. The number of aromatic nitrogens is 2. The van der Waals surface area contributed by atoms with Gasteiger partial charge in [-0.15, -0.1) is 5.10 Å². The van der Waals surface area contributed by atoms with Gasteiger partial charge in [-0.05, 0) is 24.4 Å². The Morgan fingerprint density at radius 1 is 1.28 bits per heavy atom. The highest BCUT2D eigenvalue weighted by Crippen LogP contribution is 2.22. The van der Waals surface area contributed by atoms with Crippen LogP contribution in [0.1, 0.15) is 0 Å². The van der Waals surface area contributed by atoms with Crippen molar-refractivity contribution in [3.63, 3.8) is 0 Å². The van der Waals surface area contributed by atoms with Crippen molar-refractivity contribution in [3.05, 3.63) is 34.0 Å². The van der Waals surface area contributed by atoms with Gasteiger partial charge in [0, 0.05) is 26.2 Å². The van der Waals surface area contributed by atoms with Crippen molar-refractivity contribution >= 4 is 44.4 Å². The second kappa shape index (κ2) is 7.46. The van der Waals surface area contributed by atoms with E-state index in [4.69, 9.17) is 12.2 Å². The highest BCUT2D eigenvalue weighted by molar-refractivity contribution is 7.88. The van der Waals surface area contributed by atoms with E-state index in [0.717, 1.165) is 0 Å². The molecule has 0 bridgehead atoms. The molecule has 1 aliphatic rings. The fourth-order valence-corrected chi connectivity index (χ4v) is 4.35. The summed E-state index contributed by atoms with van der Waals surface area (Å²) < 4.78 is 40.5. The van der Waals surface area contributed by atoms with Crippen molar-refractivity contribution in [2.45, 2.75) is 6.67 Å². The second-order valence-corrected chi connectivity index (χ2v) is 9.30. The summed E-state index contributed by atoms with van der Waals surface area (Å²) in [4.78, 5) is 2.09. The van der Waals surface area contributed by atoms with Crippen LogP contribution in [-0.4, -0.2) is 59.8 Å². The number of anilines is 2. The summed E-state index contributed by atoms with van der Waals surface area (Å²) >= 11 is 6.59. The summed E-state index contributed by atoms with van der Waals surface area (Å²) in [6, 6.07) is 6.37. The van der Waals surface area contributed by atoms with Crippen molar-refractivity contribution in [1.29, 1.82) is 0 Å². The third-order valence-corrected chi connectivity index (χ3v) is 6.38. The lowest BCUT2D eigenvalue weighted by molar-refractivity contribution is 0.146. The lowest BCUT2D eigenvalue weighted by atomic mass is 10.3. The third kappa shape index (κ3) is 4.61. The van der Waals surface area contributed by atoms with E-state index in [0.29, 0.717) is 47.6 Å². The molecule has 1 N–H and O–H groups in total. The zero-order chi connectivity index (χ0) is 18.0. The van der Waals surface area contributed by atoms with Crippen molar-refractivity contribution in [1.82, 2.24) is 19.0 Å². The second-order valence-electron chi connectivity index (χ2n) is 5.70. The van der Waals surface area contributed by atoms with Crippen LogP contribution >= 0.6 is 23.6 Å². The monoisotopic (exact) mass is 403 g/mol. The first-order valence-electron chi connectivity index (χ1n) is 7.60. The molecule has 0 saturated carbocycles. The Hall–Kier alpha value is -1.40. The van der Waals surface area contributed by atoms with Crippen LogP contribution < -0.4 is 5.32 Å². The topological polar surface area (TPSA) is 70.5 Å². The average Bonchev–Trinajstić information content (AvgIpc) is 2.89. The third-order valence-electron chi connectivity index (χ3n) is 3.86. The number of para-hydroxylation sites is 1. The molecule has 1 saturated heterocycles. The zero-order valence-electron chi connectivity index (χ0n) is 13.6. The van der Waals surface area contributed by atoms with Crippen molar-refractivity contribution in [2.75, 3.05) is 37.8 Å². The maximum Gasteiger partial charge on any atom is 0.211 e. The number of hydrogen-bond donors (Lipinski definition) is 1. The van der Waals surface area contributed by atoms with Gasteiger partial charge in [-0.3, -0.25) is 4.90 Å². The molecule has 0 amide bonds. The normalized spacial score (nSPS) is 16.9. The summed E-state index contributed by atoms with van der Waals surface area (Å²) in [5, 5.41) is 7.84. The molecule has 2 heterocycles. The Balaban J connectivity index is 1.64. The molecule has 0 radical (unpaired) electrons. The lowest BCUT2D eigenvalue weighted by Crippen LogP contribution is -2.48. The molecule has 0 aliphatic carbocycles. The quantitative estimate of drug-likeness (QED) is 0.771. The minimum Gasteiger partial charge on any atom is -0.328 e. The molecular formula is C14H18FN5O2S3. The van der Waals surface area contributed by atoms with Crippen LogP contribution in [0, 0.1) is 9.77 Å². The van der Waals surface area contributed by atoms with E-state index in [9.17, 15) is 12.8 Å². The van der Waals surface area contributed by atoms with Gasteiger partial charge in [-0.25, -0.2) is 17.5 Å². The predicted octanol–water partition coefficient (Wildman–Crippen LogP) is 2.09. The number of benzene rings is 1. The van der Waals surface area contributed by atoms with Gasteiger partial charge in [-0.1, -0.05) is 23.5 Å². The maximum atomic E-state index is 13.7. The molecule has 3 rings (SSSR count). The number of nitrogens with one attached hydrogen (secondary N) is 1. The minimum atomic E-state index is -3.14. The standard InChI is InChI=1S/C14H18FN5O2S3/c1-25(21,22)19-8-6-18(7-9-19)10-20-14(23)24-13(17-20)16-12-5-3-2-4-11(12)15/h2-5H,6-10H2,1H3,(H,16,17). The van der Waals surface area contributed by atoms with E-state index in [2.05, 4.69) is 15.3 Å². The summed E-state index contributed by atoms with van der Waals surface area (Å²) in [6.45, 7) is 2.62. The SMILES string of the molecule is CS(=O)(=O)N1CCN(Cn2nc(Nc3ccccc3F)sc2=S)CC1. The molecule has 1 aromatic carbocycles. The van der Waals surface area contributed by atoms with Crippen LogP contribution in [0.4, 0.5) is 15.2 Å². The molecule has 1 aromatic heterocycles. The van der Waals surface area contributed by atoms with Crippen LogP contribution in [0.5, 0.6) is 0 Å². The fourth-order valence-electron chi connectivity index (χ4n) is 2.52. The van der Waals surface area contributed by atoms with Gasteiger partial charge in [0.15, 0.2) is 3.95 Å². The fraction of sp³-hybridized carbons (Fsp3) is 0.429. The summed E-state index contributed by atoms with van der Waals surface area (Å²) in [7, 11) is -3.14. The molecule has 136 valence electrons. The van der Waals surface area contributed by atoms with Gasteiger partial charge in [0.1, 0.15) is 5.82 Å². The highest BCUT2D eigenvalue weighted by Gasteiger charge is 2.23. The zero-order valence-corrected chi connectivity index (χ0v) is 16.0. The average molecular weight is 404 g/mol. The predicted molar refractivity (Wildman–Crippen MR) is 98.6 cm³/mol. The van der Waals surface area contributed by atoms with E-state index in [1.807, 2.05) is 0 Å². The molecule has 1 fully saturated rings.